The van der Waals surface area contributed by atoms with Crippen molar-refractivity contribution in [2.45, 2.75) is 0 Å². The van der Waals surface area contributed by atoms with Gasteiger partial charge in [-0.15, -0.1) is 0 Å². The highest BCUT2D eigenvalue weighted by molar-refractivity contribution is 6.31. The van der Waals surface area contributed by atoms with Gasteiger partial charge in [-0.05, 0) is 42.0 Å². The average Bonchev–Trinajstić information content (AvgIpc) is 2.94. The highest BCUT2D eigenvalue weighted by atomic mass is 35.5. The minimum atomic E-state index is 0.250. The molecule has 3 aromatic rings. The fourth-order valence-corrected chi connectivity index (χ4v) is 2.64. The van der Waals surface area contributed by atoms with Crippen LogP contribution in [0.2, 0.25) is 5.02 Å². The lowest BCUT2D eigenvalue weighted by molar-refractivity contribution is 0.174. The number of nitrogen functional groups attached to an aromatic ring is 1. The number of hydrogen-bond donors (Lipinski definition) is 1. The van der Waals surface area contributed by atoms with Gasteiger partial charge in [0.1, 0.15) is 5.82 Å². The van der Waals surface area contributed by atoms with E-state index in [0.717, 1.165) is 33.5 Å². The second kappa shape index (κ2) is 4.53. The maximum absolute atomic E-state index is 6.09. The van der Waals surface area contributed by atoms with Gasteiger partial charge in [-0.25, -0.2) is 4.98 Å². The van der Waals surface area contributed by atoms with Gasteiger partial charge in [0.15, 0.2) is 11.5 Å². The normalized spacial score (nSPS) is 12.8. The van der Waals surface area contributed by atoms with Crippen LogP contribution in [0.15, 0.2) is 42.5 Å². The molecule has 5 heteroatoms. The summed E-state index contributed by atoms with van der Waals surface area (Å²) in [6, 6.07) is 13.2. The maximum Gasteiger partial charge on any atom is 0.231 e. The molecule has 0 atom stereocenters. The van der Waals surface area contributed by atoms with E-state index in [2.05, 4.69) is 4.98 Å². The lowest BCUT2D eigenvalue weighted by atomic mass is 10.0. The standard InChI is InChI=1S/C16H11ClN2O2/c17-11-2-3-13-10(5-11)6-12(16(18)19-13)9-1-4-14-15(7-9)21-8-20-14/h1-7H,8H2,(H2,18,19). The largest absolute Gasteiger partial charge is 0.454 e. The Morgan fingerprint density at radius 1 is 1.00 bits per heavy atom. The number of benzene rings is 2. The smallest absolute Gasteiger partial charge is 0.231 e. The second-order valence-electron chi connectivity index (χ2n) is 4.83. The summed E-state index contributed by atoms with van der Waals surface area (Å²) < 4.78 is 10.7. The molecule has 0 spiro atoms. The first-order valence-corrected chi connectivity index (χ1v) is 6.84. The van der Waals surface area contributed by atoms with E-state index in [4.69, 9.17) is 26.8 Å². The molecule has 104 valence electrons. The molecular formula is C16H11ClN2O2. The zero-order valence-corrected chi connectivity index (χ0v) is 11.7. The molecular weight excluding hydrogens is 288 g/mol. The monoisotopic (exact) mass is 298 g/mol. The highest BCUT2D eigenvalue weighted by Crippen LogP contribution is 2.38. The van der Waals surface area contributed by atoms with Crippen molar-refractivity contribution in [2.24, 2.45) is 0 Å². The quantitative estimate of drug-likeness (QED) is 0.741. The molecule has 0 saturated carbocycles. The van der Waals surface area contributed by atoms with E-state index in [1.807, 2.05) is 36.4 Å². The van der Waals surface area contributed by atoms with E-state index in [9.17, 15) is 0 Å². The van der Waals surface area contributed by atoms with Gasteiger partial charge >= 0.3 is 0 Å². The van der Waals surface area contributed by atoms with E-state index in [1.165, 1.54) is 0 Å². The maximum atomic E-state index is 6.09. The first kappa shape index (κ1) is 12.3. The van der Waals surface area contributed by atoms with E-state index in [1.54, 1.807) is 6.07 Å². The van der Waals surface area contributed by atoms with E-state index < -0.39 is 0 Å². The molecule has 2 heterocycles. The van der Waals surface area contributed by atoms with Crippen molar-refractivity contribution < 1.29 is 9.47 Å². The topological polar surface area (TPSA) is 57.4 Å². The van der Waals surface area contributed by atoms with Crippen molar-refractivity contribution in [1.82, 2.24) is 4.98 Å². The first-order chi connectivity index (χ1) is 10.2. The number of halogens is 1. The Bertz CT molecular complexity index is 864. The van der Waals surface area contributed by atoms with Crippen LogP contribution in [0.25, 0.3) is 22.0 Å². The van der Waals surface area contributed by atoms with Crippen molar-refractivity contribution in [3.05, 3.63) is 47.5 Å². The minimum Gasteiger partial charge on any atom is -0.454 e. The summed E-state index contributed by atoms with van der Waals surface area (Å²) in [7, 11) is 0. The van der Waals surface area contributed by atoms with Gasteiger partial charge < -0.3 is 15.2 Å². The number of nitrogens with two attached hydrogens (primary N) is 1. The molecule has 1 aliphatic rings. The van der Waals surface area contributed by atoms with Gasteiger partial charge in [0.25, 0.3) is 0 Å². The summed E-state index contributed by atoms with van der Waals surface area (Å²) in [5.74, 6) is 1.94. The average molecular weight is 299 g/mol. The number of pyridine rings is 1. The summed E-state index contributed by atoms with van der Waals surface area (Å²) >= 11 is 6.04. The molecule has 0 amide bonds. The molecule has 0 bridgehead atoms. The molecule has 0 fully saturated rings. The Kier molecular flexibility index (Phi) is 2.65. The molecule has 0 unspecified atom stereocenters. The van der Waals surface area contributed by atoms with Crippen molar-refractivity contribution >= 4 is 28.3 Å². The van der Waals surface area contributed by atoms with Crippen LogP contribution in [0.5, 0.6) is 11.5 Å². The first-order valence-electron chi connectivity index (χ1n) is 6.46. The summed E-state index contributed by atoms with van der Waals surface area (Å²) in [5, 5.41) is 1.62. The van der Waals surface area contributed by atoms with Crippen LogP contribution in [0.4, 0.5) is 5.82 Å². The Labute approximate surface area is 126 Å². The van der Waals surface area contributed by atoms with Gasteiger partial charge in [-0.2, -0.15) is 0 Å². The molecule has 0 saturated heterocycles. The molecule has 4 rings (SSSR count). The van der Waals surface area contributed by atoms with E-state index >= 15 is 0 Å². The van der Waals surface area contributed by atoms with Crippen LogP contribution in [-0.2, 0) is 0 Å². The molecule has 1 aliphatic heterocycles. The van der Waals surface area contributed by atoms with Gasteiger partial charge in [0, 0.05) is 16.0 Å². The summed E-state index contributed by atoms with van der Waals surface area (Å²) in [4.78, 5) is 4.43. The Balaban J connectivity index is 1.91. The van der Waals surface area contributed by atoms with Gasteiger partial charge in [0.2, 0.25) is 6.79 Å². The van der Waals surface area contributed by atoms with Crippen molar-refractivity contribution in [3.8, 4) is 22.6 Å². The lowest BCUT2D eigenvalue weighted by Gasteiger charge is -2.08. The molecule has 0 aliphatic carbocycles. The fourth-order valence-electron chi connectivity index (χ4n) is 2.46. The van der Waals surface area contributed by atoms with Crippen molar-refractivity contribution in [1.29, 1.82) is 0 Å². The zero-order valence-electron chi connectivity index (χ0n) is 11.0. The molecule has 2 N–H and O–H groups in total. The minimum absolute atomic E-state index is 0.250. The highest BCUT2D eigenvalue weighted by Gasteiger charge is 2.15. The SMILES string of the molecule is Nc1nc2ccc(Cl)cc2cc1-c1ccc2c(c1)OCO2. The second-order valence-corrected chi connectivity index (χ2v) is 5.26. The van der Waals surface area contributed by atoms with Crippen LogP contribution in [0, 0.1) is 0 Å². The molecule has 4 nitrogen and oxygen atoms in total. The van der Waals surface area contributed by atoms with E-state index in [-0.39, 0.29) is 6.79 Å². The Morgan fingerprint density at radius 2 is 1.86 bits per heavy atom. The number of ether oxygens (including phenoxy) is 2. The summed E-state index contributed by atoms with van der Waals surface area (Å²) in [6.45, 7) is 0.250. The fraction of sp³-hybridized carbons (Fsp3) is 0.0625. The van der Waals surface area contributed by atoms with Gasteiger partial charge in [-0.1, -0.05) is 17.7 Å². The Morgan fingerprint density at radius 3 is 2.76 bits per heavy atom. The zero-order chi connectivity index (χ0) is 14.4. The predicted octanol–water partition coefficient (Wildman–Crippen LogP) is 3.87. The number of aromatic nitrogens is 1. The van der Waals surface area contributed by atoms with Crippen LogP contribution in [-0.4, -0.2) is 11.8 Å². The van der Waals surface area contributed by atoms with Crippen LogP contribution in [0.1, 0.15) is 0 Å². The van der Waals surface area contributed by atoms with Crippen molar-refractivity contribution in [3.63, 3.8) is 0 Å². The number of hydrogen-bond acceptors (Lipinski definition) is 4. The predicted molar refractivity (Wildman–Crippen MR) is 82.7 cm³/mol. The van der Waals surface area contributed by atoms with Crippen molar-refractivity contribution in [2.75, 3.05) is 12.5 Å². The van der Waals surface area contributed by atoms with E-state index in [0.29, 0.717) is 10.8 Å². The van der Waals surface area contributed by atoms with Crippen LogP contribution in [0.3, 0.4) is 0 Å². The number of rotatable bonds is 1. The molecule has 21 heavy (non-hydrogen) atoms. The molecule has 1 aromatic heterocycles. The third-order valence-corrected chi connectivity index (χ3v) is 3.72. The lowest BCUT2D eigenvalue weighted by Crippen LogP contribution is -1.95. The Hall–Kier alpha value is -2.46. The molecule has 0 radical (unpaired) electrons. The number of fused-ring (bicyclic) bond motifs is 2. The van der Waals surface area contributed by atoms with Crippen LogP contribution >= 0.6 is 11.6 Å². The number of anilines is 1. The summed E-state index contributed by atoms with van der Waals surface area (Å²) in [6.07, 6.45) is 0. The third kappa shape index (κ3) is 2.04. The van der Waals surface area contributed by atoms with Gasteiger partial charge in [0.05, 0.1) is 5.52 Å². The third-order valence-electron chi connectivity index (χ3n) is 3.49. The number of nitrogens with zero attached hydrogens (tertiary/aromatic N) is 1. The van der Waals surface area contributed by atoms with Crippen LogP contribution < -0.4 is 15.2 Å². The molecule has 2 aromatic carbocycles. The van der Waals surface area contributed by atoms with Gasteiger partial charge in [-0.3, -0.25) is 0 Å². The summed E-state index contributed by atoms with van der Waals surface area (Å²) in [5.41, 5.74) is 8.69.